The minimum Gasteiger partial charge on any atom is -0.334 e. The highest BCUT2D eigenvalue weighted by atomic mass is 15.1. The lowest BCUT2D eigenvalue weighted by Gasteiger charge is -2.20. The summed E-state index contributed by atoms with van der Waals surface area (Å²) in [6.45, 7) is 7.34. The summed E-state index contributed by atoms with van der Waals surface area (Å²) in [7, 11) is 4.21. The molecule has 16 heavy (non-hydrogen) atoms. The van der Waals surface area contributed by atoms with Gasteiger partial charge < -0.3 is 14.8 Å². The van der Waals surface area contributed by atoms with Gasteiger partial charge in [0.1, 0.15) is 5.82 Å². The maximum absolute atomic E-state index is 4.47. The number of hydrogen-bond acceptors (Lipinski definition) is 3. The van der Waals surface area contributed by atoms with Crippen LogP contribution in [0.3, 0.4) is 0 Å². The van der Waals surface area contributed by atoms with Crippen molar-refractivity contribution in [2.24, 2.45) is 0 Å². The average molecular weight is 224 g/mol. The number of imidazole rings is 1. The third kappa shape index (κ3) is 3.61. The highest BCUT2D eigenvalue weighted by Gasteiger charge is 2.15. The van der Waals surface area contributed by atoms with Crippen molar-refractivity contribution in [2.75, 3.05) is 27.2 Å². The number of nitrogens with one attached hydrogen (secondary N) is 1. The molecule has 92 valence electrons. The largest absolute Gasteiger partial charge is 0.334 e. The Bertz CT molecular complexity index is 293. The van der Waals surface area contributed by atoms with Crippen LogP contribution in [0.15, 0.2) is 12.4 Å². The van der Waals surface area contributed by atoms with Crippen LogP contribution in [0, 0.1) is 0 Å². The van der Waals surface area contributed by atoms with E-state index >= 15 is 0 Å². The molecule has 4 heteroatoms. The van der Waals surface area contributed by atoms with Crippen LogP contribution in [0.5, 0.6) is 0 Å². The fourth-order valence-electron chi connectivity index (χ4n) is 1.85. The average Bonchev–Trinajstić information content (AvgIpc) is 2.71. The second kappa shape index (κ2) is 6.66. The predicted octanol–water partition coefficient (Wildman–Crippen LogP) is 1.51. The molecule has 0 aromatic carbocycles. The van der Waals surface area contributed by atoms with Gasteiger partial charge in [0.15, 0.2) is 0 Å². The lowest BCUT2D eigenvalue weighted by atomic mass is 10.2. The molecule has 0 aliphatic heterocycles. The monoisotopic (exact) mass is 224 g/mol. The molecule has 1 unspecified atom stereocenters. The van der Waals surface area contributed by atoms with Gasteiger partial charge in [0.05, 0.1) is 6.04 Å². The number of nitrogens with zero attached hydrogens (tertiary/aromatic N) is 3. The smallest absolute Gasteiger partial charge is 0.125 e. The van der Waals surface area contributed by atoms with E-state index in [1.54, 1.807) is 0 Å². The lowest BCUT2D eigenvalue weighted by Crippen LogP contribution is -2.27. The van der Waals surface area contributed by atoms with Crippen molar-refractivity contribution in [1.82, 2.24) is 19.8 Å². The molecule has 0 radical (unpaired) electrons. The normalized spacial score (nSPS) is 13.3. The summed E-state index contributed by atoms with van der Waals surface area (Å²) < 4.78 is 2.21. The number of hydrogen-bond donors (Lipinski definition) is 1. The highest BCUT2D eigenvalue weighted by molar-refractivity contribution is 4.99. The molecule has 4 nitrogen and oxygen atoms in total. The fraction of sp³-hybridized carbons (Fsp3) is 0.750. The van der Waals surface area contributed by atoms with Crippen molar-refractivity contribution in [3.8, 4) is 0 Å². The third-order valence-electron chi connectivity index (χ3n) is 2.72. The Morgan fingerprint density at radius 3 is 2.75 bits per heavy atom. The van der Waals surface area contributed by atoms with Gasteiger partial charge in [-0.15, -0.1) is 0 Å². The van der Waals surface area contributed by atoms with E-state index in [1.165, 1.54) is 0 Å². The molecule has 1 N–H and O–H groups in total. The quantitative estimate of drug-likeness (QED) is 0.762. The van der Waals surface area contributed by atoms with Crippen LogP contribution in [-0.2, 0) is 6.54 Å². The molecule has 0 bridgehead atoms. The van der Waals surface area contributed by atoms with E-state index < -0.39 is 0 Å². The molecule has 0 aliphatic carbocycles. The molecule has 1 rings (SSSR count). The molecule has 0 saturated heterocycles. The van der Waals surface area contributed by atoms with E-state index in [0.717, 1.165) is 31.9 Å². The molecular weight excluding hydrogens is 200 g/mol. The zero-order chi connectivity index (χ0) is 12.0. The third-order valence-corrected chi connectivity index (χ3v) is 2.72. The first-order chi connectivity index (χ1) is 7.69. The summed E-state index contributed by atoms with van der Waals surface area (Å²) >= 11 is 0. The van der Waals surface area contributed by atoms with Gasteiger partial charge in [0, 0.05) is 18.9 Å². The lowest BCUT2D eigenvalue weighted by molar-refractivity contribution is 0.353. The predicted molar refractivity (Wildman–Crippen MR) is 67.5 cm³/mol. The maximum Gasteiger partial charge on any atom is 0.125 e. The summed E-state index contributed by atoms with van der Waals surface area (Å²) in [5, 5.41) is 3.51. The minimum absolute atomic E-state index is 0.363. The van der Waals surface area contributed by atoms with Gasteiger partial charge in [-0.1, -0.05) is 6.92 Å². The first kappa shape index (κ1) is 13.2. The van der Waals surface area contributed by atoms with E-state index in [4.69, 9.17) is 0 Å². The van der Waals surface area contributed by atoms with Crippen molar-refractivity contribution in [3.05, 3.63) is 18.2 Å². The summed E-state index contributed by atoms with van der Waals surface area (Å²) in [6, 6.07) is 0.363. The SMILES string of the molecule is CCNC(CCN(C)C)c1nccn1CC. The van der Waals surface area contributed by atoms with E-state index in [1.807, 2.05) is 6.20 Å². The van der Waals surface area contributed by atoms with Gasteiger partial charge in [-0.25, -0.2) is 4.98 Å². The summed E-state index contributed by atoms with van der Waals surface area (Å²) in [6.07, 6.45) is 5.03. The summed E-state index contributed by atoms with van der Waals surface area (Å²) in [5.41, 5.74) is 0. The van der Waals surface area contributed by atoms with Gasteiger partial charge in [-0.2, -0.15) is 0 Å². The molecule has 1 aromatic rings. The molecule has 1 aromatic heterocycles. The van der Waals surface area contributed by atoms with Crippen LogP contribution < -0.4 is 5.32 Å². The van der Waals surface area contributed by atoms with E-state index in [9.17, 15) is 0 Å². The van der Waals surface area contributed by atoms with Crippen LogP contribution >= 0.6 is 0 Å². The van der Waals surface area contributed by atoms with Gasteiger partial charge in [0.2, 0.25) is 0 Å². The Kier molecular flexibility index (Phi) is 5.49. The molecule has 1 atom stereocenters. The van der Waals surface area contributed by atoms with Crippen molar-refractivity contribution in [3.63, 3.8) is 0 Å². The van der Waals surface area contributed by atoms with Crippen molar-refractivity contribution in [2.45, 2.75) is 32.9 Å². The van der Waals surface area contributed by atoms with E-state index in [0.29, 0.717) is 6.04 Å². The van der Waals surface area contributed by atoms with Gasteiger partial charge in [-0.05, 0) is 40.5 Å². The Labute approximate surface area is 98.7 Å². The van der Waals surface area contributed by atoms with Crippen LogP contribution in [0.2, 0.25) is 0 Å². The maximum atomic E-state index is 4.47. The first-order valence-corrected chi connectivity index (χ1v) is 6.08. The van der Waals surface area contributed by atoms with Crippen LogP contribution in [0.1, 0.15) is 32.1 Å². The van der Waals surface area contributed by atoms with Crippen molar-refractivity contribution >= 4 is 0 Å². The fourth-order valence-corrected chi connectivity index (χ4v) is 1.85. The van der Waals surface area contributed by atoms with Crippen LogP contribution in [0.25, 0.3) is 0 Å². The number of rotatable bonds is 7. The summed E-state index contributed by atoms with van der Waals surface area (Å²) in [4.78, 5) is 6.68. The number of aromatic nitrogens is 2. The molecule has 0 fully saturated rings. The molecule has 0 saturated carbocycles. The van der Waals surface area contributed by atoms with Crippen LogP contribution in [0.4, 0.5) is 0 Å². The Morgan fingerprint density at radius 2 is 2.19 bits per heavy atom. The van der Waals surface area contributed by atoms with Gasteiger partial charge in [-0.3, -0.25) is 0 Å². The topological polar surface area (TPSA) is 33.1 Å². The Balaban J connectivity index is 2.68. The second-order valence-electron chi connectivity index (χ2n) is 4.27. The Morgan fingerprint density at radius 1 is 1.44 bits per heavy atom. The molecular formula is C12H24N4. The highest BCUT2D eigenvalue weighted by Crippen LogP contribution is 2.15. The van der Waals surface area contributed by atoms with Crippen LogP contribution in [-0.4, -0.2) is 41.6 Å². The minimum atomic E-state index is 0.363. The zero-order valence-corrected chi connectivity index (χ0v) is 10.9. The van der Waals surface area contributed by atoms with E-state index in [-0.39, 0.29) is 0 Å². The first-order valence-electron chi connectivity index (χ1n) is 6.08. The van der Waals surface area contributed by atoms with Gasteiger partial charge in [0.25, 0.3) is 0 Å². The molecule has 0 amide bonds. The van der Waals surface area contributed by atoms with Crippen molar-refractivity contribution < 1.29 is 0 Å². The van der Waals surface area contributed by atoms with Crippen molar-refractivity contribution in [1.29, 1.82) is 0 Å². The van der Waals surface area contributed by atoms with E-state index in [2.05, 4.69) is 53.9 Å². The second-order valence-corrected chi connectivity index (χ2v) is 4.27. The number of aryl methyl sites for hydroxylation is 1. The zero-order valence-electron chi connectivity index (χ0n) is 10.9. The standard InChI is InChI=1S/C12H24N4/c1-5-13-11(7-9-15(3)4)12-14-8-10-16(12)6-2/h8,10-11,13H,5-7,9H2,1-4H3. The molecule has 0 aliphatic rings. The Hall–Kier alpha value is -0.870. The molecule has 0 spiro atoms. The van der Waals surface area contributed by atoms with Gasteiger partial charge >= 0.3 is 0 Å². The molecule has 1 heterocycles. The summed E-state index contributed by atoms with van der Waals surface area (Å²) in [5.74, 6) is 1.16.